The Morgan fingerprint density at radius 2 is 1.50 bits per heavy atom. The summed E-state index contributed by atoms with van der Waals surface area (Å²) in [5.74, 6) is 0. The Labute approximate surface area is 60.6 Å². The number of hydrogen-bond acceptors (Lipinski definition) is 1. The molecule has 0 aliphatic heterocycles. The molecule has 3 N–H and O–H groups in total. The molecule has 0 aromatic carbocycles. The smallest absolute Gasteiger partial charge is 1.00 e. The minimum Gasteiger partial charge on any atom is -1.00 e. The van der Waals surface area contributed by atoms with Crippen LogP contribution < -0.4 is 30.5 Å². The monoisotopic (exact) mass is 161 g/mol. The summed E-state index contributed by atoms with van der Waals surface area (Å²) in [6.07, 6.45) is 0. The summed E-state index contributed by atoms with van der Waals surface area (Å²) in [5, 5.41) is 6.28. The largest absolute Gasteiger partial charge is 1.00 e. The van der Waals surface area contributed by atoms with Gasteiger partial charge in [-0.15, -0.1) is 0 Å². The van der Waals surface area contributed by atoms with Gasteiger partial charge in [0.1, 0.15) is 0 Å². The zero-order chi connectivity index (χ0) is 3.58. The first kappa shape index (κ1) is 15.9. The minimum atomic E-state index is 0. The first-order valence-electron chi connectivity index (χ1n) is 0.789. The van der Waals surface area contributed by atoms with Gasteiger partial charge in [0.15, 0.2) is 0 Å². The molecule has 6 heavy (non-hydrogen) atoms. The van der Waals surface area contributed by atoms with Crippen molar-refractivity contribution < 1.29 is 45.2 Å². The molecule has 0 amide bonds. The summed E-state index contributed by atoms with van der Waals surface area (Å²) < 4.78 is 0.167. The van der Waals surface area contributed by atoms with E-state index >= 15 is 0 Å². The number of hydrogen-bond donors (Lipinski definition) is 2. The second kappa shape index (κ2) is 9.23. The van der Waals surface area contributed by atoms with Gasteiger partial charge in [0.25, 0.3) is 0 Å². The van der Waals surface area contributed by atoms with E-state index in [0.717, 1.165) is 0 Å². The first-order valence-corrected chi connectivity index (χ1v) is 1.57. The van der Waals surface area contributed by atoms with Crippen LogP contribution in [0, 0.1) is 5.41 Å². The van der Waals surface area contributed by atoms with Gasteiger partial charge in [0, 0.05) is 0 Å². The van der Waals surface area contributed by atoms with Crippen molar-refractivity contribution in [1.82, 2.24) is 0 Å². The fraction of sp³-hybridized carbons (Fsp3) is 0. The molecule has 0 fully saturated rings. The molecule has 0 aliphatic carbocycles. The molecular weight excluding hydrogens is 159 g/mol. The van der Waals surface area contributed by atoms with Gasteiger partial charge in [-0.25, -0.2) is 0 Å². The summed E-state index contributed by atoms with van der Waals surface area (Å²) in [7, 11) is 0. The van der Waals surface area contributed by atoms with Gasteiger partial charge >= 0.3 is 35.7 Å². The number of nitrogens with one attached hydrogen (secondary N) is 1. The van der Waals surface area contributed by atoms with E-state index in [4.69, 9.17) is 11.1 Å². The zero-order valence-corrected chi connectivity index (χ0v) is 5.91. The Bertz CT molecular complexity index is 34.5. The number of amidine groups is 1. The molecule has 0 radical (unpaired) electrons. The topological polar surface area (TPSA) is 49.9 Å². The second-order valence-electron chi connectivity index (χ2n) is 0.414. The molecule has 35 valence electrons. The molecule has 2 nitrogen and oxygen atoms in total. The van der Waals surface area contributed by atoms with Crippen LogP contribution >= 0.6 is 0 Å². The Morgan fingerprint density at radius 1 is 1.50 bits per heavy atom. The molecule has 0 aromatic rings. The van der Waals surface area contributed by atoms with Crippen LogP contribution in [0.4, 0.5) is 0 Å². The van der Waals surface area contributed by atoms with E-state index in [2.05, 4.69) is 0 Å². The van der Waals surface area contributed by atoms with Crippen molar-refractivity contribution in [2.45, 2.75) is 0 Å². The number of halogens is 2. The Hall–Kier alpha value is 0.764. The van der Waals surface area contributed by atoms with Crippen molar-refractivity contribution in [3.05, 3.63) is 0 Å². The minimum absolute atomic E-state index is 0. The third kappa shape index (κ3) is 116. The summed E-state index contributed by atoms with van der Waals surface area (Å²) in [4.78, 5) is 0. The van der Waals surface area contributed by atoms with E-state index in [-0.39, 0.29) is 29.0 Å². The maximum Gasteiger partial charge on any atom is -1.00 e. The van der Waals surface area contributed by atoms with Gasteiger partial charge in [-0.2, -0.15) is 0 Å². The molecule has 0 spiro atoms. The van der Waals surface area contributed by atoms with Crippen LogP contribution in [0.15, 0.2) is 0 Å². The molecule has 0 saturated carbocycles. The Kier molecular flexibility index (Phi) is 24.4. The molecule has 0 bridgehead atoms. The van der Waals surface area contributed by atoms with E-state index in [9.17, 15) is 0 Å². The molecule has 0 saturated heterocycles. The van der Waals surface area contributed by atoms with Crippen molar-refractivity contribution in [3.63, 3.8) is 0 Å². The van der Waals surface area contributed by atoms with Crippen molar-refractivity contribution in [1.29, 1.82) is 5.41 Å². The average molecular weight is 162 g/mol. The molecule has 0 aliphatic rings. The third-order valence-corrected chi connectivity index (χ3v) is 0. The molecule has 0 aromatic heterocycles. The normalized spacial score (nSPS) is 4.33. The predicted molar refractivity (Wildman–Crippen MR) is 11.9 cm³/mol. The maximum atomic E-state index is 6.28. The summed E-state index contributed by atoms with van der Waals surface area (Å²) >= 11 is 1.53. The number of rotatable bonds is 0. The second-order valence-corrected chi connectivity index (χ2v) is 1.25. The van der Waals surface area contributed by atoms with Crippen molar-refractivity contribution in [3.8, 4) is 0 Å². The van der Waals surface area contributed by atoms with E-state index < -0.39 is 0 Å². The van der Waals surface area contributed by atoms with Gasteiger partial charge in [0.2, 0.25) is 0 Å². The van der Waals surface area contributed by atoms with E-state index in [1.807, 2.05) is 0 Å². The summed E-state index contributed by atoms with van der Waals surface area (Å²) in [5.41, 5.74) is 4.69. The summed E-state index contributed by atoms with van der Waals surface area (Å²) in [6, 6.07) is 0. The molecule has 0 unspecified atom stereocenters. The SMILES string of the molecule is N=[C](N)[Ti+2].[Cl-].[Cl-]. The molecule has 0 heterocycles. The molecule has 0 atom stereocenters. The molecular formula is CH3Cl2N2Ti. The van der Waals surface area contributed by atoms with E-state index in [1.165, 1.54) is 20.4 Å². The first-order chi connectivity index (χ1) is 1.73. The van der Waals surface area contributed by atoms with Crippen LogP contribution in [0.3, 0.4) is 0 Å². The average Bonchev–Trinajstić information content (AvgIpc) is 0.811. The van der Waals surface area contributed by atoms with Gasteiger partial charge in [0.05, 0.1) is 0 Å². The van der Waals surface area contributed by atoms with Crippen LogP contribution in [-0.2, 0) is 20.4 Å². The van der Waals surface area contributed by atoms with Crippen molar-refractivity contribution in [2.24, 2.45) is 5.73 Å². The quantitative estimate of drug-likeness (QED) is 0.207. The van der Waals surface area contributed by atoms with Crippen LogP contribution in [0.2, 0.25) is 0 Å². The van der Waals surface area contributed by atoms with E-state index in [1.54, 1.807) is 0 Å². The fourth-order valence-electron chi connectivity index (χ4n) is 0. The zero-order valence-electron chi connectivity index (χ0n) is 2.83. The standard InChI is InChI=1S/CH3N2.2ClH.Ti/c2-1-3;;;/h(H3,2,3);2*1H;/q;;;+2/p-2. The van der Waals surface area contributed by atoms with Crippen LogP contribution in [0.1, 0.15) is 0 Å². The predicted octanol–water partition coefficient (Wildman–Crippen LogP) is -6.57. The van der Waals surface area contributed by atoms with Crippen molar-refractivity contribution >= 4 is 4.14 Å². The van der Waals surface area contributed by atoms with Crippen LogP contribution in [-0.4, -0.2) is 4.14 Å². The van der Waals surface area contributed by atoms with E-state index in [0.29, 0.717) is 0 Å². The third-order valence-electron chi connectivity index (χ3n) is 0. The summed E-state index contributed by atoms with van der Waals surface area (Å²) in [6.45, 7) is 0. The molecule has 5 heteroatoms. The fourth-order valence-corrected chi connectivity index (χ4v) is 0. The van der Waals surface area contributed by atoms with Gasteiger partial charge in [-0.3, -0.25) is 0 Å². The van der Waals surface area contributed by atoms with Crippen molar-refractivity contribution in [2.75, 3.05) is 0 Å². The number of nitrogens with two attached hydrogens (primary N) is 1. The van der Waals surface area contributed by atoms with Crippen LogP contribution in [0.5, 0.6) is 0 Å². The Balaban J connectivity index is -0.0000000450. The Morgan fingerprint density at radius 3 is 1.50 bits per heavy atom. The van der Waals surface area contributed by atoms with Gasteiger partial charge in [-0.05, 0) is 0 Å². The van der Waals surface area contributed by atoms with Gasteiger partial charge in [-0.1, -0.05) is 0 Å². The molecule has 0 rings (SSSR count). The van der Waals surface area contributed by atoms with Crippen LogP contribution in [0.25, 0.3) is 0 Å². The van der Waals surface area contributed by atoms with Gasteiger partial charge < -0.3 is 24.8 Å². The maximum absolute atomic E-state index is 6.28.